The second-order valence-electron chi connectivity index (χ2n) is 4.85. The highest BCUT2D eigenvalue weighted by molar-refractivity contribution is 5.14. The lowest BCUT2D eigenvalue weighted by Crippen LogP contribution is -2.49. The van der Waals surface area contributed by atoms with Gasteiger partial charge in [0.25, 0.3) is 0 Å². The lowest BCUT2D eigenvalue weighted by molar-refractivity contribution is 0.0885. The Balaban J connectivity index is 1.91. The molecule has 1 aliphatic heterocycles. The molecule has 17 heavy (non-hydrogen) atoms. The highest BCUT2D eigenvalue weighted by atomic mass is 16.3. The molecule has 0 aliphatic carbocycles. The number of nitrogens with zero attached hydrogens (tertiary/aromatic N) is 1. The normalized spacial score (nSPS) is 26.0. The van der Waals surface area contributed by atoms with Crippen LogP contribution in [0.4, 0.5) is 0 Å². The van der Waals surface area contributed by atoms with Crippen LogP contribution in [0.25, 0.3) is 0 Å². The number of likely N-dealkylation sites (tertiary alicyclic amines) is 1. The number of aliphatic hydroxyl groups is 1. The van der Waals surface area contributed by atoms with Crippen molar-refractivity contribution in [3.05, 3.63) is 35.9 Å². The van der Waals surface area contributed by atoms with E-state index in [0.717, 1.165) is 26.1 Å². The fourth-order valence-corrected chi connectivity index (χ4v) is 2.66. The molecule has 0 aromatic heterocycles. The smallest absolute Gasteiger partial charge is 0.0486 e. The number of hydrogen-bond donors (Lipinski definition) is 2. The van der Waals surface area contributed by atoms with Gasteiger partial charge in [-0.1, -0.05) is 30.3 Å². The minimum atomic E-state index is 0.275. The van der Waals surface area contributed by atoms with Crippen LogP contribution in [0.2, 0.25) is 0 Å². The molecule has 2 rings (SSSR count). The van der Waals surface area contributed by atoms with Crippen molar-refractivity contribution in [3.63, 3.8) is 0 Å². The summed E-state index contributed by atoms with van der Waals surface area (Å²) in [5.41, 5.74) is 1.35. The number of nitrogens with one attached hydrogen (secondary N) is 1. The Morgan fingerprint density at radius 3 is 2.76 bits per heavy atom. The van der Waals surface area contributed by atoms with Gasteiger partial charge in [0.05, 0.1) is 0 Å². The topological polar surface area (TPSA) is 35.5 Å². The molecule has 94 valence electrons. The Morgan fingerprint density at radius 1 is 1.35 bits per heavy atom. The molecule has 0 bridgehead atoms. The van der Waals surface area contributed by atoms with Crippen molar-refractivity contribution in [1.29, 1.82) is 0 Å². The van der Waals surface area contributed by atoms with Crippen LogP contribution in [0.3, 0.4) is 0 Å². The van der Waals surface area contributed by atoms with E-state index in [0.29, 0.717) is 12.0 Å². The first kappa shape index (κ1) is 12.6. The van der Waals surface area contributed by atoms with Gasteiger partial charge in [0.2, 0.25) is 0 Å². The summed E-state index contributed by atoms with van der Waals surface area (Å²) in [5, 5.41) is 12.7. The minimum Gasteiger partial charge on any atom is -0.396 e. The summed E-state index contributed by atoms with van der Waals surface area (Å²) in [7, 11) is 1.99. The predicted molar refractivity (Wildman–Crippen MR) is 69.8 cm³/mol. The van der Waals surface area contributed by atoms with Crippen LogP contribution in [-0.4, -0.2) is 42.8 Å². The summed E-state index contributed by atoms with van der Waals surface area (Å²) >= 11 is 0. The Labute approximate surface area is 103 Å². The minimum absolute atomic E-state index is 0.275. The summed E-state index contributed by atoms with van der Waals surface area (Å²) < 4.78 is 0. The molecule has 0 saturated carbocycles. The third-order valence-corrected chi connectivity index (χ3v) is 3.67. The zero-order chi connectivity index (χ0) is 12.1. The largest absolute Gasteiger partial charge is 0.396 e. The van der Waals surface area contributed by atoms with E-state index in [1.165, 1.54) is 5.56 Å². The molecule has 0 radical (unpaired) electrons. The first-order chi connectivity index (χ1) is 8.33. The molecule has 3 heteroatoms. The maximum absolute atomic E-state index is 9.41. The summed E-state index contributed by atoms with van der Waals surface area (Å²) in [6.07, 6.45) is 1.12. The van der Waals surface area contributed by atoms with E-state index in [-0.39, 0.29) is 6.61 Å². The zero-order valence-corrected chi connectivity index (χ0v) is 10.5. The molecule has 1 saturated heterocycles. The number of hydrogen-bond acceptors (Lipinski definition) is 3. The van der Waals surface area contributed by atoms with Crippen molar-refractivity contribution in [2.24, 2.45) is 5.92 Å². The lowest BCUT2D eigenvalue weighted by atomic mass is 9.92. The van der Waals surface area contributed by atoms with Crippen molar-refractivity contribution in [1.82, 2.24) is 10.2 Å². The maximum atomic E-state index is 9.41. The zero-order valence-electron chi connectivity index (χ0n) is 10.5. The first-order valence-corrected chi connectivity index (χ1v) is 6.38. The van der Waals surface area contributed by atoms with Gasteiger partial charge >= 0.3 is 0 Å². The van der Waals surface area contributed by atoms with Crippen molar-refractivity contribution < 1.29 is 5.11 Å². The van der Waals surface area contributed by atoms with Crippen LogP contribution in [0, 0.1) is 5.92 Å². The Bertz CT molecular complexity index is 328. The van der Waals surface area contributed by atoms with Crippen LogP contribution in [0.15, 0.2) is 30.3 Å². The number of aliphatic hydroxyl groups excluding tert-OH is 1. The van der Waals surface area contributed by atoms with Gasteiger partial charge in [0.1, 0.15) is 0 Å². The van der Waals surface area contributed by atoms with Crippen LogP contribution in [-0.2, 0) is 6.54 Å². The average Bonchev–Trinajstić information content (AvgIpc) is 2.40. The Kier molecular flexibility index (Phi) is 4.54. The summed E-state index contributed by atoms with van der Waals surface area (Å²) in [4.78, 5) is 2.43. The molecule has 0 unspecified atom stereocenters. The fraction of sp³-hybridized carbons (Fsp3) is 0.571. The van der Waals surface area contributed by atoms with E-state index >= 15 is 0 Å². The first-order valence-electron chi connectivity index (χ1n) is 6.38. The highest BCUT2D eigenvalue weighted by Crippen LogP contribution is 2.18. The van der Waals surface area contributed by atoms with Gasteiger partial charge in [0, 0.05) is 31.7 Å². The second kappa shape index (κ2) is 6.15. The molecule has 2 atom stereocenters. The second-order valence-corrected chi connectivity index (χ2v) is 4.85. The fourth-order valence-electron chi connectivity index (χ4n) is 2.66. The molecular formula is C14H22N2O. The van der Waals surface area contributed by atoms with E-state index in [4.69, 9.17) is 0 Å². The molecule has 0 spiro atoms. The van der Waals surface area contributed by atoms with E-state index in [2.05, 4.69) is 34.5 Å². The van der Waals surface area contributed by atoms with Crippen LogP contribution in [0.5, 0.6) is 0 Å². The van der Waals surface area contributed by atoms with Crippen molar-refractivity contribution in [3.8, 4) is 0 Å². The van der Waals surface area contributed by atoms with Crippen LogP contribution >= 0.6 is 0 Å². The average molecular weight is 234 g/mol. The third kappa shape index (κ3) is 3.28. The summed E-state index contributed by atoms with van der Waals surface area (Å²) in [5.74, 6) is 0.359. The van der Waals surface area contributed by atoms with Crippen LogP contribution < -0.4 is 5.32 Å². The molecule has 1 aromatic carbocycles. The number of rotatable bonds is 4. The van der Waals surface area contributed by atoms with Crippen molar-refractivity contribution in [2.45, 2.75) is 19.0 Å². The lowest BCUT2D eigenvalue weighted by Gasteiger charge is -2.37. The standard InChI is InChI=1S/C14H22N2O/c1-15-14-7-8-16(10-13(14)11-17)9-12-5-3-2-4-6-12/h2-6,13-15,17H,7-11H2,1H3/t13-,14+/m0/s1. The maximum Gasteiger partial charge on any atom is 0.0486 e. The van der Waals surface area contributed by atoms with Crippen LogP contribution in [0.1, 0.15) is 12.0 Å². The van der Waals surface area contributed by atoms with Gasteiger partial charge in [0.15, 0.2) is 0 Å². The molecule has 0 amide bonds. The van der Waals surface area contributed by atoms with Crippen molar-refractivity contribution >= 4 is 0 Å². The van der Waals surface area contributed by atoms with E-state index in [1.807, 2.05) is 13.1 Å². The molecule has 2 N–H and O–H groups in total. The van der Waals surface area contributed by atoms with E-state index in [1.54, 1.807) is 0 Å². The summed E-state index contributed by atoms with van der Waals surface area (Å²) in [6.45, 7) is 3.36. The van der Waals surface area contributed by atoms with E-state index in [9.17, 15) is 5.11 Å². The Hall–Kier alpha value is -0.900. The monoisotopic (exact) mass is 234 g/mol. The van der Waals surface area contributed by atoms with Gasteiger partial charge in [-0.05, 0) is 25.6 Å². The molecule has 1 aromatic rings. The quantitative estimate of drug-likeness (QED) is 0.818. The summed E-state index contributed by atoms with van der Waals surface area (Å²) in [6, 6.07) is 11.0. The van der Waals surface area contributed by atoms with Gasteiger partial charge in [-0.3, -0.25) is 4.90 Å². The Morgan fingerprint density at radius 2 is 2.12 bits per heavy atom. The molecule has 1 fully saturated rings. The predicted octanol–water partition coefficient (Wildman–Crippen LogP) is 1.09. The van der Waals surface area contributed by atoms with Gasteiger partial charge < -0.3 is 10.4 Å². The van der Waals surface area contributed by atoms with Crippen molar-refractivity contribution in [2.75, 3.05) is 26.7 Å². The molecule has 1 aliphatic rings. The van der Waals surface area contributed by atoms with E-state index < -0.39 is 0 Å². The number of piperidine rings is 1. The highest BCUT2D eigenvalue weighted by Gasteiger charge is 2.27. The molecular weight excluding hydrogens is 212 g/mol. The van der Waals surface area contributed by atoms with Gasteiger partial charge in [-0.25, -0.2) is 0 Å². The molecule has 3 nitrogen and oxygen atoms in total. The van der Waals surface area contributed by atoms with Gasteiger partial charge in [-0.2, -0.15) is 0 Å². The van der Waals surface area contributed by atoms with Gasteiger partial charge in [-0.15, -0.1) is 0 Å². The molecule has 1 heterocycles. The third-order valence-electron chi connectivity index (χ3n) is 3.67. The SMILES string of the molecule is CN[C@@H]1CCN(Cc2ccccc2)C[C@H]1CO. The number of benzene rings is 1.